The monoisotopic (exact) mass is 347 g/mol. The summed E-state index contributed by atoms with van der Waals surface area (Å²) in [6.45, 7) is 0. The Kier molecular flexibility index (Phi) is 5.58. The standard InChI is InChI=1S/C16H11Cl2N3O2/c17-12-5-2-6-13(18)16(12)21-15(23)8-14(22)20-11-4-1-3-10(7-11)9-19/h1-7H,8H2,(H,20,22)(H,21,23). The first-order valence-electron chi connectivity index (χ1n) is 6.53. The van der Waals surface area contributed by atoms with E-state index >= 15 is 0 Å². The van der Waals surface area contributed by atoms with Gasteiger partial charge in [0.05, 0.1) is 27.4 Å². The highest BCUT2D eigenvalue weighted by atomic mass is 35.5. The van der Waals surface area contributed by atoms with Crippen LogP contribution < -0.4 is 10.6 Å². The van der Waals surface area contributed by atoms with E-state index in [-0.39, 0.29) is 15.7 Å². The van der Waals surface area contributed by atoms with Crippen LogP contribution in [0.25, 0.3) is 0 Å². The van der Waals surface area contributed by atoms with Crippen molar-refractivity contribution in [3.8, 4) is 6.07 Å². The minimum atomic E-state index is -0.547. The minimum Gasteiger partial charge on any atom is -0.326 e. The van der Waals surface area contributed by atoms with Crippen molar-refractivity contribution in [2.45, 2.75) is 6.42 Å². The minimum absolute atomic E-state index is 0.264. The highest BCUT2D eigenvalue weighted by Crippen LogP contribution is 2.29. The second-order valence-electron chi connectivity index (χ2n) is 4.56. The van der Waals surface area contributed by atoms with Gasteiger partial charge >= 0.3 is 0 Å². The molecule has 0 spiro atoms. The van der Waals surface area contributed by atoms with Crippen LogP contribution in [0, 0.1) is 11.3 Å². The van der Waals surface area contributed by atoms with E-state index in [0.29, 0.717) is 11.3 Å². The maximum absolute atomic E-state index is 11.9. The van der Waals surface area contributed by atoms with Gasteiger partial charge in [-0.15, -0.1) is 0 Å². The molecule has 0 aromatic heterocycles. The Morgan fingerprint density at radius 1 is 1.00 bits per heavy atom. The predicted octanol–water partition coefficient (Wildman–Crippen LogP) is 3.83. The lowest BCUT2D eigenvalue weighted by molar-refractivity contribution is -0.123. The van der Waals surface area contributed by atoms with E-state index in [1.54, 1.807) is 36.4 Å². The van der Waals surface area contributed by atoms with Crippen LogP contribution in [0.3, 0.4) is 0 Å². The van der Waals surface area contributed by atoms with Crippen molar-refractivity contribution in [3.63, 3.8) is 0 Å². The van der Waals surface area contributed by atoms with E-state index in [4.69, 9.17) is 28.5 Å². The second-order valence-corrected chi connectivity index (χ2v) is 5.38. The number of para-hydroxylation sites is 1. The van der Waals surface area contributed by atoms with Gasteiger partial charge in [-0.3, -0.25) is 9.59 Å². The molecule has 5 nitrogen and oxygen atoms in total. The van der Waals surface area contributed by atoms with Gasteiger partial charge in [-0.05, 0) is 30.3 Å². The molecule has 2 aromatic rings. The predicted molar refractivity (Wildman–Crippen MR) is 89.5 cm³/mol. The lowest BCUT2D eigenvalue weighted by atomic mass is 10.2. The van der Waals surface area contributed by atoms with Gasteiger partial charge in [0.15, 0.2) is 0 Å². The summed E-state index contributed by atoms with van der Waals surface area (Å²) in [5.74, 6) is -1.06. The molecule has 0 radical (unpaired) electrons. The van der Waals surface area contributed by atoms with Crippen molar-refractivity contribution < 1.29 is 9.59 Å². The highest BCUT2D eigenvalue weighted by molar-refractivity contribution is 6.39. The maximum Gasteiger partial charge on any atom is 0.233 e. The number of carbonyl (C=O) groups excluding carboxylic acids is 2. The number of halogens is 2. The zero-order valence-corrected chi connectivity index (χ0v) is 13.3. The molecular weight excluding hydrogens is 337 g/mol. The molecule has 7 heteroatoms. The molecule has 116 valence electrons. The van der Waals surface area contributed by atoms with Crippen molar-refractivity contribution in [1.82, 2.24) is 0 Å². The van der Waals surface area contributed by atoms with E-state index in [9.17, 15) is 9.59 Å². The van der Waals surface area contributed by atoms with Gasteiger partial charge < -0.3 is 10.6 Å². The van der Waals surface area contributed by atoms with Crippen LogP contribution in [0.1, 0.15) is 12.0 Å². The normalized spacial score (nSPS) is 9.78. The topological polar surface area (TPSA) is 82.0 Å². The van der Waals surface area contributed by atoms with Gasteiger partial charge in [-0.25, -0.2) is 0 Å². The molecule has 0 aliphatic carbocycles. The molecule has 0 saturated heterocycles. The fraction of sp³-hybridized carbons (Fsp3) is 0.0625. The highest BCUT2D eigenvalue weighted by Gasteiger charge is 2.13. The Bertz CT molecular complexity index is 780. The molecule has 0 aliphatic heterocycles. The molecule has 0 heterocycles. The largest absolute Gasteiger partial charge is 0.326 e. The van der Waals surface area contributed by atoms with Gasteiger partial charge in [0.25, 0.3) is 0 Å². The number of nitrogens with one attached hydrogen (secondary N) is 2. The molecule has 2 amide bonds. The van der Waals surface area contributed by atoms with Crippen LogP contribution in [-0.4, -0.2) is 11.8 Å². The smallest absolute Gasteiger partial charge is 0.233 e. The van der Waals surface area contributed by atoms with Gasteiger partial charge in [-0.2, -0.15) is 5.26 Å². The zero-order valence-electron chi connectivity index (χ0n) is 11.8. The number of rotatable bonds is 4. The van der Waals surface area contributed by atoms with E-state index in [1.165, 1.54) is 6.07 Å². The van der Waals surface area contributed by atoms with Gasteiger partial charge in [0, 0.05) is 5.69 Å². The SMILES string of the molecule is N#Cc1cccc(NC(=O)CC(=O)Nc2c(Cl)cccc2Cl)c1. The second kappa shape index (κ2) is 7.63. The molecule has 0 aliphatic rings. The summed E-state index contributed by atoms with van der Waals surface area (Å²) in [5.41, 5.74) is 1.12. The summed E-state index contributed by atoms with van der Waals surface area (Å²) in [6, 6.07) is 13.2. The first kappa shape index (κ1) is 16.8. The summed E-state index contributed by atoms with van der Waals surface area (Å²) in [7, 11) is 0. The van der Waals surface area contributed by atoms with E-state index in [1.807, 2.05) is 6.07 Å². The van der Waals surface area contributed by atoms with E-state index in [0.717, 1.165) is 0 Å². The summed E-state index contributed by atoms with van der Waals surface area (Å²) < 4.78 is 0. The Morgan fingerprint density at radius 2 is 1.61 bits per heavy atom. The molecule has 0 saturated carbocycles. The van der Waals surface area contributed by atoms with Crippen LogP contribution in [0.15, 0.2) is 42.5 Å². The first-order chi connectivity index (χ1) is 11.0. The van der Waals surface area contributed by atoms with Crippen LogP contribution >= 0.6 is 23.2 Å². The number of amides is 2. The van der Waals surface area contributed by atoms with Gasteiger partial charge in [0.2, 0.25) is 11.8 Å². The van der Waals surface area contributed by atoms with Gasteiger partial charge in [0.1, 0.15) is 6.42 Å². The molecule has 0 bridgehead atoms. The zero-order chi connectivity index (χ0) is 16.8. The number of hydrogen-bond acceptors (Lipinski definition) is 3. The molecule has 0 atom stereocenters. The summed E-state index contributed by atoms with van der Waals surface area (Å²) in [4.78, 5) is 23.8. The number of benzene rings is 2. The van der Waals surface area contributed by atoms with Gasteiger partial charge in [-0.1, -0.05) is 35.3 Å². The lowest BCUT2D eigenvalue weighted by Gasteiger charge is -2.09. The third kappa shape index (κ3) is 4.71. The van der Waals surface area contributed by atoms with Crippen molar-refractivity contribution >= 4 is 46.4 Å². The molecule has 2 N–H and O–H groups in total. The average Bonchev–Trinajstić information content (AvgIpc) is 2.51. The Hall–Kier alpha value is -2.55. The van der Waals surface area contributed by atoms with Crippen molar-refractivity contribution in [2.24, 2.45) is 0 Å². The first-order valence-corrected chi connectivity index (χ1v) is 7.29. The molecule has 0 fully saturated rings. The Labute approximate surface area is 142 Å². The fourth-order valence-electron chi connectivity index (χ4n) is 1.82. The number of nitrogens with zero attached hydrogens (tertiary/aromatic N) is 1. The van der Waals surface area contributed by atoms with Crippen LogP contribution in [0.5, 0.6) is 0 Å². The van der Waals surface area contributed by atoms with Crippen LogP contribution in [-0.2, 0) is 9.59 Å². The Morgan fingerprint density at radius 3 is 2.26 bits per heavy atom. The molecule has 0 unspecified atom stereocenters. The van der Waals surface area contributed by atoms with Crippen molar-refractivity contribution in [3.05, 3.63) is 58.1 Å². The van der Waals surface area contributed by atoms with Crippen molar-refractivity contribution in [1.29, 1.82) is 5.26 Å². The van der Waals surface area contributed by atoms with E-state index in [2.05, 4.69) is 10.6 Å². The molecule has 2 aromatic carbocycles. The summed E-state index contributed by atoms with van der Waals surface area (Å²) in [5, 5.41) is 14.4. The maximum atomic E-state index is 11.9. The lowest BCUT2D eigenvalue weighted by Crippen LogP contribution is -2.21. The fourth-order valence-corrected chi connectivity index (χ4v) is 2.31. The molecular formula is C16H11Cl2N3O2. The number of nitriles is 1. The van der Waals surface area contributed by atoms with Crippen molar-refractivity contribution in [2.75, 3.05) is 10.6 Å². The van der Waals surface area contributed by atoms with Crippen LogP contribution in [0.2, 0.25) is 10.0 Å². The number of anilines is 2. The summed E-state index contributed by atoms with van der Waals surface area (Å²) in [6.07, 6.45) is -0.404. The third-order valence-electron chi connectivity index (χ3n) is 2.82. The van der Waals surface area contributed by atoms with E-state index < -0.39 is 18.2 Å². The quantitative estimate of drug-likeness (QED) is 0.824. The Balaban J connectivity index is 1.97. The number of hydrogen-bond donors (Lipinski definition) is 2. The summed E-state index contributed by atoms with van der Waals surface area (Å²) >= 11 is 11.9. The third-order valence-corrected chi connectivity index (χ3v) is 3.45. The molecule has 23 heavy (non-hydrogen) atoms. The average molecular weight is 348 g/mol. The molecule has 2 rings (SSSR count). The number of carbonyl (C=O) groups is 2. The van der Waals surface area contributed by atoms with Crippen LogP contribution in [0.4, 0.5) is 11.4 Å².